The van der Waals surface area contributed by atoms with Gasteiger partial charge in [0.15, 0.2) is 0 Å². The second kappa shape index (κ2) is 24.2. The third-order valence-corrected chi connectivity index (χ3v) is 8.74. The van der Waals surface area contributed by atoms with E-state index < -0.39 is 0 Å². The number of nitrogens with zero attached hydrogens (tertiary/aromatic N) is 2. The molecule has 252 valence electrons. The summed E-state index contributed by atoms with van der Waals surface area (Å²) in [5, 5.41) is 6.88. The lowest BCUT2D eigenvalue weighted by molar-refractivity contribution is 0.166. The first kappa shape index (κ1) is 45.3. The Morgan fingerprint density at radius 2 is 0.732 bits per heavy atom. The molecule has 0 amide bonds. The van der Waals surface area contributed by atoms with Crippen LogP contribution < -0.4 is 10.6 Å². The number of nitrogens with one attached hydrogen (secondary N) is 2. The van der Waals surface area contributed by atoms with Crippen LogP contribution in [0.15, 0.2) is 0 Å². The SMILES string of the molecule is C.CC(C)C1CCCN1C(C)C.CC(C)NC(C)C(C)C.CC(C)N[C@@H](C)C(C)C.CC(C)[C@@H]1CCCN1C(C)C. The summed E-state index contributed by atoms with van der Waals surface area (Å²) in [6.45, 7) is 43.3. The lowest BCUT2D eigenvalue weighted by atomic mass is 10.0. The normalized spacial score (nSPS) is 21.2. The first-order chi connectivity index (χ1) is 18.3. The predicted molar refractivity (Wildman–Crippen MR) is 191 cm³/mol. The van der Waals surface area contributed by atoms with Crippen LogP contribution in [0.2, 0.25) is 0 Å². The molecule has 0 spiro atoms. The van der Waals surface area contributed by atoms with Crippen molar-refractivity contribution in [3.8, 4) is 0 Å². The highest BCUT2D eigenvalue weighted by Gasteiger charge is 2.29. The van der Waals surface area contributed by atoms with Crippen molar-refractivity contribution in [3.05, 3.63) is 0 Å². The van der Waals surface area contributed by atoms with E-state index in [1.807, 2.05) is 0 Å². The Morgan fingerprint density at radius 3 is 0.854 bits per heavy atom. The molecule has 0 aromatic rings. The van der Waals surface area contributed by atoms with Crippen LogP contribution in [-0.4, -0.2) is 71.2 Å². The molecule has 0 aliphatic carbocycles. The van der Waals surface area contributed by atoms with Gasteiger partial charge >= 0.3 is 0 Å². The van der Waals surface area contributed by atoms with Crippen molar-refractivity contribution in [3.63, 3.8) is 0 Å². The quantitative estimate of drug-likeness (QED) is 0.267. The van der Waals surface area contributed by atoms with Gasteiger partial charge in [-0.05, 0) is 104 Å². The fourth-order valence-corrected chi connectivity index (χ4v) is 5.78. The highest BCUT2D eigenvalue weighted by Crippen LogP contribution is 2.26. The van der Waals surface area contributed by atoms with E-state index in [9.17, 15) is 0 Å². The maximum Gasteiger partial charge on any atom is 0.0121 e. The maximum absolute atomic E-state index is 3.44. The average molecular weight is 585 g/mol. The molecule has 41 heavy (non-hydrogen) atoms. The van der Waals surface area contributed by atoms with E-state index in [4.69, 9.17) is 0 Å². The lowest BCUT2D eigenvalue weighted by Crippen LogP contribution is -2.38. The van der Waals surface area contributed by atoms with Crippen LogP contribution in [0, 0.1) is 23.7 Å². The Kier molecular flexibility index (Phi) is 26.7. The summed E-state index contributed by atoms with van der Waals surface area (Å²) < 4.78 is 0. The summed E-state index contributed by atoms with van der Waals surface area (Å²) in [5.74, 6) is 3.15. The van der Waals surface area contributed by atoms with Crippen LogP contribution in [0.3, 0.4) is 0 Å². The van der Waals surface area contributed by atoms with Gasteiger partial charge in [0, 0.05) is 48.3 Å². The number of hydrogen-bond donors (Lipinski definition) is 2. The highest BCUT2D eigenvalue weighted by molar-refractivity contribution is 4.84. The van der Waals surface area contributed by atoms with E-state index in [0.717, 1.165) is 47.8 Å². The standard InChI is InChI=1S/2C10H21N.2C8H19N.CH4/c2*1-8(2)10-6-5-7-11(10)9(3)4;2*1-6(2)8(5)9-7(3)4;/h2*8-10H,5-7H2,1-4H3;2*6-9H,1-5H3;1H4/t10-;;8-;;/m0.0../s1. The Balaban J connectivity index is -0.000000469. The van der Waals surface area contributed by atoms with Gasteiger partial charge in [-0.3, -0.25) is 9.80 Å². The summed E-state index contributed by atoms with van der Waals surface area (Å²) in [7, 11) is 0. The van der Waals surface area contributed by atoms with Crippen molar-refractivity contribution < 1.29 is 0 Å². The third kappa shape index (κ3) is 21.2. The molecular weight excluding hydrogens is 500 g/mol. The van der Waals surface area contributed by atoms with E-state index in [0.29, 0.717) is 24.2 Å². The average Bonchev–Trinajstić information content (AvgIpc) is 3.50. The minimum absolute atomic E-state index is 0. The van der Waals surface area contributed by atoms with Crippen molar-refractivity contribution >= 4 is 0 Å². The fourth-order valence-electron chi connectivity index (χ4n) is 5.78. The van der Waals surface area contributed by atoms with Crippen molar-refractivity contribution in [2.75, 3.05) is 13.1 Å². The van der Waals surface area contributed by atoms with Crippen molar-refractivity contribution in [2.45, 2.75) is 206 Å². The Labute approximate surface area is 263 Å². The summed E-state index contributed by atoms with van der Waals surface area (Å²) in [5.41, 5.74) is 0. The molecule has 2 saturated heterocycles. The summed E-state index contributed by atoms with van der Waals surface area (Å²) in [4.78, 5) is 5.29. The Morgan fingerprint density at radius 1 is 0.463 bits per heavy atom. The molecule has 4 nitrogen and oxygen atoms in total. The van der Waals surface area contributed by atoms with Crippen LogP contribution >= 0.6 is 0 Å². The Hall–Kier alpha value is -0.160. The van der Waals surface area contributed by atoms with Gasteiger partial charge in [0.2, 0.25) is 0 Å². The largest absolute Gasteiger partial charge is 0.312 e. The van der Waals surface area contributed by atoms with Crippen LogP contribution in [0.5, 0.6) is 0 Å². The second-order valence-corrected chi connectivity index (χ2v) is 15.3. The molecule has 2 aliphatic heterocycles. The zero-order chi connectivity index (χ0) is 31.7. The van der Waals surface area contributed by atoms with Crippen molar-refractivity contribution in [2.24, 2.45) is 23.7 Å². The molecule has 2 rings (SSSR count). The van der Waals surface area contributed by atoms with Crippen LogP contribution in [-0.2, 0) is 0 Å². The molecular formula is C37H84N4. The maximum atomic E-state index is 3.44. The number of likely N-dealkylation sites (tertiary alicyclic amines) is 2. The molecule has 2 aliphatic rings. The number of rotatable bonds is 10. The summed E-state index contributed by atoms with van der Waals surface area (Å²) >= 11 is 0. The van der Waals surface area contributed by atoms with Gasteiger partial charge in [-0.25, -0.2) is 0 Å². The van der Waals surface area contributed by atoms with E-state index in [2.05, 4.69) is 145 Å². The highest BCUT2D eigenvalue weighted by atomic mass is 15.2. The summed E-state index contributed by atoms with van der Waals surface area (Å²) in [6.07, 6.45) is 5.63. The fraction of sp³-hybridized carbons (Fsp3) is 1.00. The molecule has 2 N–H and O–H groups in total. The molecule has 2 fully saturated rings. The van der Waals surface area contributed by atoms with E-state index in [-0.39, 0.29) is 7.43 Å². The zero-order valence-electron chi connectivity index (χ0n) is 31.1. The molecule has 0 aromatic heterocycles. The first-order valence-electron chi connectivity index (χ1n) is 17.4. The molecule has 2 heterocycles. The van der Waals surface area contributed by atoms with Crippen molar-refractivity contribution in [1.82, 2.24) is 20.4 Å². The van der Waals surface area contributed by atoms with Gasteiger partial charge in [0.25, 0.3) is 0 Å². The van der Waals surface area contributed by atoms with Crippen LogP contribution in [0.1, 0.15) is 158 Å². The van der Waals surface area contributed by atoms with E-state index >= 15 is 0 Å². The van der Waals surface area contributed by atoms with Gasteiger partial charge in [0.05, 0.1) is 0 Å². The lowest BCUT2D eigenvalue weighted by Gasteiger charge is -2.30. The smallest absolute Gasteiger partial charge is 0.0121 e. The minimum Gasteiger partial charge on any atom is -0.312 e. The molecule has 2 unspecified atom stereocenters. The zero-order valence-corrected chi connectivity index (χ0v) is 31.1. The minimum atomic E-state index is 0. The molecule has 4 heteroatoms. The van der Waals surface area contributed by atoms with Crippen LogP contribution in [0.4, 0.5) is 0 Å². The monoisotopic (exact) mass is 585 g/mol. The first-order valence-corrected chi connectivity index (χ1v) is 17.4. The second-order valence-electron chi connectivity index (χ2n) is 15.3. The van der Waals surface area contributed by atoms with E-state index in [1.54, 1.807) is 0 Å². The molecule has 0 aromatic carbocycles. The summed E-state index contributed by atoms with van der Waals surface area (Å²) in [6, 6.07) is 5.71. The molecule has 0 saturated carbocycles. The molecule has 0 bridgehead atoms. The van der Waals surface area contributed by atoms with Crippen LogP contribution in [0.25, 0.3) is 0 Å². The van der Waals surface area contributed by atoms with E-state index in [1.165, 1.54) is 38.8 Å². The third-order valence-electron chi connectivity index (χ3n) is 8.74. The number of hydrogen-bond acceptors (Lipinski definition) is 4. The van der Waals surface area contributed by atoms with Gasteiger partial charge in [-0.1, -0.05) is 90.5 Å². The molecule has 0 radical (unpaired) electrons. The van der Waals surface area contributed by atoms with Crippen molar-refractivity contribution in [1.29, 1.82) is 0 Å². The Bertz CT molecular complexity index is 489. The van der Waals surface area contributed by atoms with Gasteiger partial charge in [-0.2, -0.15) is 0 Å². The molecule has 4 atom stereocenters. The van der Waals surface area contributed by atoms with Gasteiger partial charge < -0.3 is 10.6 Å². The topological polar surface area (TPSA) is 30.5 Å². The predicted octanol–water partition coefficient (Wildman–Crippen LogP) is 9.72. The van der Waals surface area contributed by atoms with Gasteiger partial charge in [0.1, 0.15) is 0 Å². The van der Waals surface area contributed by atoms with Gasteiger partial charge in [-0.15, -0.1) is 0 Å².